The summed E-state index contributed by atoms with van der Waals surface area (Å²) < 4.78 is 0. The minimum Gasteiger partial charge on any atom is -0.479 e. The smallest absolute Gasteiger partial charge is 0.334 e. The van der Waals surface area contributed by atoms with Crippen molar-refractivity contribution in [3.05, 3.63) is 29.8 Å². The quantitative estimate of drug-likeness (QED) is 0.573. The van der Waals surface area contributed by atoms with Gasteiger partial charge >= 0.3 is 12.0 Å². The highest BCUT2D eigenvalue weighted by Crippen LogP contribution is 2.09. The van der Waals surface area contributed by atoms with Gasteiger partial charge in [-0.1, -0.05) is 12.0 Å². The molecule has 1 aromatic rings. The average molecular weight is 248 g/mol. The number of urea groups is 1. The number of aliphatic carboxylic acids is 1. The number of hydrogen-bond donors (Lipinski definition) is 4. The number of carboxylic acids is 1. The molecule has 0 aromatic heterocycles. The molecule has 2 amide bonds. The van der Waals surface area contributed by atoms with Gasteiger partial charge in [-0.15, -0.1) is 6.42 Å². The van der Waals surface area contributed by atoms with Crippen LogP contribution >= 0.6 is 0 Å². The molecule has 1 atom stereocenters. The zero-order valence-electron chi connectivity index (χ0n) is 9.38. The van der Waals surface area contributed by atoms with Gasteiger partial charge in [0.25, 0.3) is 0 Å². The summed E-state index contributed by atoms with van der Waals surface area (Å²) in [6.07, 6.45) is 3.57. The van der Waals surface area contributed by atoms with E-state index < -0.39 is 18.1 Å². The molecular weight excluding hydrogens is 236 g/mol. The van der Waals surface area contributed by atoms with Crippen LogP contribution in [-0.2, 0) is 4.79 Å². The van der Waals surface area contributed by atoms with Crippen LogP contribution in [0.5, 0.6) is 0 Å². The molecule has 0 heterocycles. The van der Waals surface area contributed by atoms with Gasteiger partial charge in [0.1, 0.15) is 0 Å². The first kappa shape index (κ1) is 13.5. The number of rotatable bonds is 4. The number of benzene rings is 1. The van der Waals surface area contributed by atoms with Crippen molar-refractivity contribution in [2.24, 2.45) is 0 Å². The first-order valence-electron chi connectivity index (χ1n) is 5.05. The lowest BCUT2D eigenvalue weighted by molar-refractivity contribution is -0.146. The number of aliphatic hydroxyl groups excluding tert-OH is 1. The van der Waals surface area contributed by atoms with Crippen LogP contribution in [0.4, 0.5) is 10.5 Å². The van der Waals surface area contributed by atoms with Crippen LogP contribution in [0.1, 0.15) is 5.56 Å². The molecule has 0 saturated heterocycles. The van der Waals surface area contributed by atoms with E-state index >= 15 is 0 Å². The predicted octanol–water partition coefficient (Wildman–Crippen LogP) is 0.235. The number of amides is 2. The van der Waals surface area contributed by atoms with Gasteiger partial charge in [-0.2, -0.15) is 0 Å². The van der Waals surface area contributed by atoms with Crippen molar-refractivity contribution in [3.8, 4) is 12.3 Å². The van der Waals surface area contributed by atoms with Crippen molar-refractivity contribution in [1.29, 1.82) is 0 Å². The maximum Gasteiger partial charge on any atom is 0.334 e. The highest BCUT2D eigenvalue weighted by atomic mass is 16.4. The molecule has 0 aliphatic carbocycles. The van der Waals surface area contributed by atoms with Crippen LogP contribution in [-0.4, -0.2) is 34.9 Å². The van der Waals surface area contributed by atoms with Gasteiger partial charge in [0, 0.05) is 11.3 Å². The van der Waals surface area contributed by atoms with E-state index in [1.165, 1.54) is 0 Å². The van der Waals surface area contributed by atoms with Crippen LogP contribution in [0.3, 0.4) is 0 Å². The fraction of sp³-hybridized carbons (Fsp3) is 0.167. The summed E-state index contributed by atoms with van der Waals surface area (Å²) in [7, 11) is 0. The number of hydrogen-bond acceptors (Lipinski definition) is 3. The second-order valence-corrected chi connectivity index (χ2v) is 3.41. The third-order valence-electron chi connectivity index (χ3n) is 2.03. The molecular formula is C12H12N2O4. The lowest BCUT2D eigenvalue weighted by atomic mass is 10.2. The molecule has 94 valence electrons. The Hall–Kier alpha value is -2.52. The van der Waals surface area contributed by atoms with Gasteiger partial charge in [0.2, 0.25) is 0 Å². The molecule has 0 unspecified atom stereocenters. The molecule has 6 heteroatoms. The van der Waals surface area contributed by atoms with Gasteiger partial charge in [0.15, 0.2) is 6.10 Å². The van der Waals surface area contributed by atoms with Gasteiger partial charge in [-0.25, -0.2) is 9.59 Å². The summed E-state index contributed by atoms with van der Waals surface area (Å²) in [5.41, 5.74) is 1.09. The second kappa shape index (κ2) is 6.27. The molecule has 6 nitrogen and oxygen atoms in total. The van der Waals surface area contributed by atoms with Crippen molar-refractivity contribution in [2.75, 3.05) is 11.9 Å². The Morgan fingerprint density at radius 2 is 2.17 bits per heavy atom. The molecule has 1 aromatic carbocycles. The predicted molar refractivity (Wildman–Crippen MR) is 65.0 cm³/mol. The Kier molecular flexibility index (Phi) is 4.72. The fourth-order valence-electron chi connectivity index (χ4n) is 1.14. The fourth-order valence-corrected chi connectivity index (χ4v) is 1.14. The Morgan fingerprint density at radius 3 is 2.78 bits per heavy atom. The van der Waals surface area contributed by atoms with Gasteiger partial charge in [-0.05, 0) is 18.2 Å². The first-order valence-corrected chi connectivity index (χ1v) is 5.05. The van der Waals surface area contributed by atoms with Gasteiger partial charge in [0.05, 0.1) is 6.54 Å². The maximum atomic E-state index is 11.4. The van der Waals surface area contributed by atoms with Crippen LogP contribution in [0.2, 0.25) is 0 Å². The molecule has 4 N–H and O–H groups in total. The van der Waals surface area contributed by atoms with Crippen molar-refractivity contribution < 1.29 is 19.8 Å². The first-order chi connectivity index (χ1) is 8.52. The summed E-state index contributed by atoms with van der Waals surface area (Å²) in [5, 5.41) is 22.0. The van der Waals surface area contributed by atoms with Crippen molar-refractivity contribution >= 4 is 17.7 Å². The Morgan fingerprint density at radius 1 is 1.44 bits per heavy atom. The van der Waals surface area contributed by atoms with E-state index in [0.717, 1.165) is 0 Å². The van der Waals surface area contributed by atoms with E-state index in [-0.39, 0.29) is 6.54 Å². The molecule has 0 spiro atoms. The highest BCUT2D eigenvalue weighted by Gasteiger charge is 2.13. The minimum atomic E-state index is -1.63. The average Bonchev–Trinajstić information content (AvgIpc) is 2.36. The summed E-state index contributed by atoms with van der Waals surface area (Å²) in [5.74, 6) is 1.02. The molecule has 0 aliphatic heterocycles. The number of nitrogens with one attached hydrogen (secondary N) is 2. The van der Waals surface area contributed by atoms with Crippen molar-refractivity contribution in [2.45, 2.75) is 6.10 Å². The maximum absolute atomic E-state index is 11.4. The minimum absolute atomic E-state index is 0.379. The third-order valence-corrected chi connectivity index (χ3v) is 2.03. The van der Waals surface area contributed by atoms with Crippen molar-refractivity contribution in [1.82, 2.24) is 5.32 Å². The lowest BCUT2D eigenvalue weighted by Gasteiger charge is -2.09. The lowest BCUT2D eigenvalue weighted by Crippen LogP contribution is -2.38. The topological polar surface area (TPSA) is 98.7 Å². The Bertz CT molecular complexity index is 493. The highest BCUT2D eigenvalue weighted by molar-refractivity contribution is 5.89. The molecule has 0 saturated carbocycles. The van der Waals surface area contributed by atoms with Crippen LogP contribution in [0.15, 0.2) is 24.3 Å². The van der Waals surface area contributed by atoms with Crippen LogP contribution < -0.4 is 10.6 Å². The Balaban J connectivity index is 2.50. The van der Waals surface area contributed by atoms with Crippen LogP contribution in [0.25, 0.3) is 0 Å². The SMILES string of the molecule is C#Cc1cccc(NC(=O)NC[C@H](O)C(=O)O)c1. The third kappa shape index (κ3) is 4.15. The van der Waals surface area contributed by atoms with E-state index in [0.29, 0.717) is 11.3 Å². The molecule has 0 radical (unpaired) electrons. The molecule has 0 bridgehead atoms. The van der Waals surface area contributed by atoms with E-state index in [9.17, 15) is 9.59 Å². The summed E-state index contributed by atoms with van der Waals surface area (Å²) in [4.78, 5) is 21.7. The van der Waals surface area contributed by atoms with Crippen LogP contribution in [0, 0.1) is 12.3 Å². The number of carbonyl (C=O) groups is 2. The number of anilines is 1. The van der Waals surface area contributed by atoms with E-state index in [1.54, 1.807) is 24.3 Å². The van der Waals surface area contributed by atoms with Gasteiger partial charge in [-0.3, -0.25) is 0 Å². The van der Waals surface area contributed by atoms with E-state index in [2.05, 4.69) is 16.6 Å². The normalized spacial score (nSPS) is 11.1. The summed E-state index contributed by atoms with van der Waals surface area (Å²) >= 11 is 0. The number of aliphatic hydroxyl groups is 1. The Labute approximate surface area is 104 Å². The van der Waals surface area contributed by atoms with E-state index in [1.807, 2.05) is 0 Å². The largest absolute Gasteiger partial charge is 0.479 e. The summed E-state index contributed by atoms with van der Waals surface area (Å²) in [6.45, 7) is -0.379. The number of terminal acetylenes is 1. The number of carboxylic acid groups (broad SMARTS) is 1. The monoisotopic (exact) mass is 248 g/mol. The van der Waals surface area contributed by atoms with Gasteiger partial charge < -0.3 is 20.8 Å². The molecule has 0 fully saturated rings. The zero-order valence-corrected chi connectivity index (χ0v) is 9.38. The second-order valence-electron chi connectivity index (χ2n) is 3.41. The van der Waals surface area contributed by atoms with Crippen molar-refractivity contribution in [3.63, 3.8) is 0 Å². The molecule has 18 heavy (non-hydrogen) atoms. The number of carbonyl (C=O) groups excluding carboxylic acids is 1. The zero-order chi connectivity index (χ0) is 13.5. The molecule has 0 aliphatic rings. The van der Waals surface area contributed by atoms with E-state index in [4.69, 9.17) is 16.6 Å². The standard InChI is InChI=1S/C12H12N2O4/c1-2-8-4-3-5-9(6-8)14-12(18)13-7-10(15)11(16)17/h1,3-6,10,15H,7H2,(H,16,17)(H2,13,14,18)/t10-/m0/s1. The molecule has 1 rings (SSSR count). The summed E-state index contributed by atoms with van der Waals surface area (Å²) in [6, 6.07) is 5.99.